The van der Waals surface area contributed by atoms with Crippen molar-refractivity contribution in [2.45, 2.75) is 84.0 Å². The summed E-state index contributed by atoms with van der Waals surface area (Å²) in [5.74, 6) is -4.46. The van der Waals surface area contributed by atoms with Crippen LogP contribution < -0.4 is 38.9 Å². The van der Waals surface area contributed by atoms with Crippen LogP contribution in [-0.2, 0) is 24.0 Å². The predicted octanol–water partition coefficient (Wildman–Crippen LogP) is -2.13. The fraction of sp³-hybridized carbons (Fsp3) is 0.727. The van der Waals surface area contributed by atoms with Crippen LogP contribution in [0.2, 0.25) is 0 Å². The Hall–Kier alpha value is -3.42. The van der Waals surface area contributed by atoms with E-state index in [1.807, 2.05) is 13.8 Å². The van der Waals surface area contributed by atoms with Gasteiger partial charge in [-0.1, -0.05) is 27.7 Å². The number of rotatable bonds is 17. The SMILES string of the molecule is CC(C)CC(NC(=O)C(N)CCCN=C(N)N)C(=O)NC(CCC(N)=O)C(=O)NC(C(=O)O)C(C)C. The number of hydrogen-bond acceptors (Lipinski definition) is 7. The van der Waals surface area contributed by atoms with Crippen molar-refractivity contribution in [2.24, 2.45) is 39.8 Å². The fourth-order valence-corrected chi connectivity index (χ4v) is 3.23. The van der Waals surface area contributed by atoms with Crippen molar-refractivity contribution in [2.75, 3.05) is 6.54 Å². The van der Waals surface area contributed by atoms with E-state index in [0.717, 1.165) is 0 Å². The average Bonchev–Trinajstić information content (AvgIpc) is 2.75. The van der Waals surface area contributed by atoms with Gasteiger partial charge in [-0.05, 0) is 37.5 Å². The summed E-state index contributed by atoms with van der Waals surface area (Å²) in [5, 5.41) is 16.9. The predicted molar refractivity (Wildman–Crippen MR) is 134 cm³/mol. The molecule has 0 aromatic carbocycles. The lowest BCUT2D eigenvalue weighted by molar-refractivity contribution is -0.143. The molecule has 0 rings (SSSR count). The zero-order valence-electron chi connectivity index (χ0n) is 21.5. The van der Waals surface area contributed by atoms with Crippen molar-refractivity contribution in [3.8, 4) is 0 Å². The van der Waals surface area contributed by atoms with Crippen molar-refractivity contribution in [1.29, 1.82) is 0 Å². The van der Waals surface area contributed by atoms with Crippen LogP contribution in [0.15, 0.2) is 4.99 Å². The van der Waals surface area contributed by atoms with Crippen molar-refractivity contribution >= 4 is 35.6 Å². The Labute approximate surface area is 211 Å². The van der Waals surface area contributed by atoms with Crippen molar-refractivity contribution < 1.29 is 29.1 Å². The second-order valence-electron chi connectivity index (χ2n) is 9.38. The van der Waals surface area contributed by atoms with Crippen LogP contribution in [-0.4, -0.2) is 71.4 Å². The lowest BCUT2D eigenvalue weighted by Crippen LogP contribution is -2.58. The molecule has 0 saturated carbocycles. The molecule has 0 saturated heterocycles. The molecule has 0 fully saturated rings. The Morgan fingerprint density at radius 2 is 1.39 bits per heavy atom. The Bertz CT molecular complexity index is 797. The molecular formula is C22H42N8O6. The number of aliphatic imine (C=N–C) groups is 1. The Balaban J connectivity index is 5.46. The van der Waals surface area contributed by atoms with Gasteiger partial charge in [0.2, 0.25) is 23.6 Å². The number of aliphatic carboxylic acids is 1. The van der Waals surface area contributed by atoms with Gasteiger partial charge in [-0.3, -0.25) is 24.2 Å². The molecule has 0 aliphatic rings. The summed E-state index contributed by atoms with van der Waals surface area (Å²) in [6.45, 7) is 7.22. The van der Waals surface area contributed by atoms with E-state index in [1.54, 1.807) is 13.8 Å². The second kappa shape index (κ2) is 16.3. The Kier molecular flexibility index (Phi) is 14.7. The van der Waals surface area contributed by atoms with Crippen molar-refractivity contribution in [3.63, 3.8) is 0 Å². The standard InChI is InChI=1S/C22H42N8O6/c1-11(2)10-15(29-18(32)13(23)6-5-9-27-22(25)26)20(34)28-14(7-8-16(24)31)19(33)30-17(12(3)4)21(35)36/h11-15,17H,5-10,23H2,1-4H3,(H2,24,31)(H,28,34)(H,29,32)(H,30,33)(H,35,36)(H4,25,26,27). The molecule has 4 unspecified atom stereocenters. The highest BCUT2D eigenvalue weighted by molar-refractivity contribution is 5.94. The van der Waals surface area contributed by atoms with Crippen LogP contribution in [0.1, 0.15) is 59.8 Å². The van der Waals surface area contributed by atoms with Gasteiger partial charge in [0.15, 0.2) is 5.96 Å². The molecule has 0 heterocycles. The highest BCUT2D eigenvalue weighted by atomic mass is 16.4. The van der Waals surface area contributed by atoms with Gasteiger partial charge in [-0.25, -0.2) is 4.79 Å². The smallest absolute Gasteiger partial charge is 0.326 e. The number of nitrogens with one attached hydrogen (secondary N) is 3. The van der Waals surface area contributed by atoms with E-state index >= 15 is 0 Å². The van der Waals surface area contributed by atoms with Gasteiger partial charge in [-0.2, -0.15) is 0 Å². The summed E-state index contributed by atoms with van der Waals surface area (Å²) in [7, 11) is 0. The molecule has 0 spiro atoms. The number of nitrogens with zero attached hydrogens (tertiary/aromatic N) is 1. The maximum atomic E-state index is 13.1. The zero-order valence-corrected chi connectivity index (χ0v) is 21.5. The molecule has 14 nitrogen and oxygen atoms in total. The first-order chi connectivity index (χ1) is 16.6. The molecule has 0 radical (unpaired) electrons. The van der Waals surface area contributed by atoms with Crippen LogP contribution in [0.5, 0.6) is 0 Å². The molecule has 0 aromatic heterocycles. The van der Waals surface area contributed by atoms with E-state index in [2.05, 4.69) is 20.9 Å². The van der Waals surface area contributed by atoms with Gasteiger partial charge < -0.3 is 44.0 Å². The Morgan fingerprint density at radius 1 is 0.833 bits per heavy atom. The molecule has 0 aliphatic carbocycles. The summed E-state index contributed by atoms with van der Waals surface area (Å²) >= 11 is 0. The summed E-state index contributed by atoms with van der Waals surface area (Å²) in [5.41, 5.74) is 21.6. The van der Waals surface area contributed by atoms with Crippen molar-refractivity contribution in [1.82, 2.24) is 16.0 Å². The van der Waals surface area contributed by atoms with Crippen LogP contribution in [0.4, 0.5) is 0 Å². The van der Waals surface area contributed by atoms with Crippen LogP contribution >= 0.6 is 0 Å². The van der Waals surface area contributed by atoms with E-state index in [4.69, 9.17) is 22.9 Å². The first-order valence-electron chi connectivity index (χ1n) is 11.9. The lowest BCUT2D eigenvalue weighted by atomic mass is 10.0. The third-order valence-corrected chi connectivity index (χ3v) is 5.19. The van der Waals surface area contributed by atoms with Gasteiger partial charge >= 0.3 is 5.97 Å². The van der Waals surface area contributed by atoms with Gasteiger partial charge in [0, 0.05) is 13.0 Å². The van der Waals surface area contributed by atoms with Crippen LogP contribution in [0, 0.1) is 11.8 Å². The third kappa shape index (κ3) is 13.5. The van der Waals surface area contributed by atoms with E-state index in [-0.39, 0.29) is 37.6 Å². The minimum absolute atomic E-state index is 0.00521. The number of guanidine groups is 1. The number of carbonyl (C=O) groups is 5. The van der Waals surface area contributed by atoms with Gasteiger partial charge in [0.05, 0.1) is 6.04 Å². The maximum absolute atomic E-state index is 13.1. The number of carbonyl (C=O) groups excluding carboxylic acids is 4. The van der Waals surface area contributed by atoms with Gasteiger partial charge in [0.25, 0.3) is 0 Å². The summed E-state index contributed by atoms with van der Waals surface area (Å²) in [6.07, 6.45) is 0.591. The summed E-state index contributed by atoms with van der Waals surface area (Å²) in [6, 6.07) is -4.39. The largest absolute Gasteiger partial charge is 0.480 e. The number of nitrogens with two attached hydrogens (primary N) is 4. The fourth-order valence-electron chi connectivity index (χ4n) is 3.23. The monoisotopic (exact) mass is 514 g/mol. The number of hydrogen-bond donors (Lipinski definition) is 8. The quantitative estimate of drug-likeness (QED) is 0.0598. The second-order valence-corrected chi connectivity index (χ2v) is 9.38. The molecule has 206 valence electrons. The number of carboxylic acids is 1. The van der Waals surface area contributed by atoms with Crippen LogP contribution in [0.25, 0.3) is 0 Å². The first-order valence-corrected chi connectivity index (χ1v) is 11.9. The number of amides is 4. The zero-order chi connectivity index (χ0) is 28.0. The highest BCUT2D eigenvalue weighted by Crippen LogP contribution is 2.09. The average molecular weight is 515 g/mol. The van der Waals surface area contributed by atoms with Crippen molar-refractivity contribution in [3.05, 3.63) is 0 Å². The first kappa shape index (κ1) is 32.6. The van der Waals surface area contributed by atoms with E-state index in [9.17, 15) is 29.1 Å². The van der Waals surface area contributed by atoms with E-state index in [0.29, 0.717) is 13.0 Å². The normalized spacial score (nSPS) is 14.3. The van der Waals surface area contributed by atoms with E-state index < -0.39 is 59.7 Å². The molecule has 12 N–H and O–H groups in total. The third-order valence-electron chi connectivity index (χ3n) is 5.19. The Morgan fingerprint density at radius 3 is 1.86 bits per heavy atom. The topological polar surface area (TPSA) is 258 Å². The lowest BCUT2D eigenvalue weighted by Gasteiger charge is -2.26. The maximum Gasteiger partial charge on any atom is 0.326 e. The molecule has 0 aliphatic heterocycles. The minimum atomic E-state index is -1.24. The molecule has 0 aromatic rings. The van der Waals surface area contributed by atoms with Crippen LogP contribution in [0.3, 0.4) is 0 Å². The molecular weight excluding hydrogens is 472 g/mol. The van der Waals surface area contributed by atoms with Gasteiger partial charge in [-0.15, -0.1) is 0 Å². The molecule has 4 amide bonds. The number of primary amides is 1. The molecule has 0 bridgehead atoms. The molecule has 14 heteroatoms. The number of carboxylic acid groups (broad SMARTS) is 1. The summed E-state index contributed by atoms with van der Waals surface area (Å²) in [4.78, 5) is 65.0. The summed E-state index contributed by atoms with van der Waals surface area (Å²) < 4.78 is 0. The highest BCUT2D eigenvalue weighted by Gasteiger charge is 2.31. The molecule has 4 atom stereocenters. The molecule has 36 heavy (non-hydrogen) atoms. The minimum Gasteiger partial charge on any atom is -0.480 e. The van der Waals surface area contributed by atoms with Gasteiger partial charge in [0.1, 0.15) is 18.1 Å². The van der Waals surface area contributed by atoms with E-state index in [1.165, 1.54) is 0 Å².